The monoisotopic (exact) mass is 527 g/mol. The van der Waals surface area contributed by atoms with E-state index in [1.54, 1.807) is 14.2 Å². The van der Waals surface area contributed by atoms with Crippen LogP contribution in [0.25, 0.3) is 11.0 Å². The number of hydrogen-bond donors (Lipinski definition) is 1. The van der Waals surface area contributed by atoms with Gasteiger partial charge in [-0.2, -0.15) is 0 Å². The normalized spacial score (nSPS) is 10.8. The maximum absolute atomic E-state index is 12.4. The number of hydrogen-bond acceptors (Lipinski definition) is 5. The molecule has 0 spiro atoms. The Labute approximate surface area is 230 Å². The van der Waals surface area contributed by atoms with Crippen molar-refractivity contribution < 1.29 is 19.0 Å². The zero-order chi connectivity index (χ0) is 27.5. The maximum atomic E-state index is 12.4. The number of benzene rings is 3. The van der Waals surface area contributed by atoms with Gasteiger partial charge in [0.1, 0.15) is 11.6 Å². The Hall–Kier alpha value is -4.26. The highest BCUT2D eigenvalue weighted by Gasteiger charge is 2.12. The van der Waals surface area contributed by atoms with E-state index in [-0.39, 0.29) is 5.91 Å². The van der Waals surface area contributed by atoms with E-state index in [2.05, 4.69) is 22.5 Å². The molecule has 4 rings (SSSR count). The molecular formula is C32H37N3O4. The van der Waals surface area contributed by atoms with Crippen molar-refractivity contribution >= 4 is 16.9 Å². The van der Waals surface area contributed by atoms with Crippen LogP contribution in [-0.4, -0.2) is 42.8 Å². The first-order valence-electron chi connectivity index (χ1n) is 13.4. The molecule has 0 radical (unpaired) electrons. The molecule has 4 aromatic rings. The minimum Gasteiger partial charge on any atom is -0.497 e. The number of nitrogens with one attached hydrogen (secondary N) is 1. The molecule has 7 nitrogen and oxygen atoms in total. The number of rotatable bonds is 15. The lowest BCUT2D eigenvalue weighted by molar-refractivity contribution is -0.120. The summed E-state index contributed by atoms with van der Waals surface area (Å²) in [4.78, 5) is 17.3. The van der Waals surface area contributed by atoms with Crippen molar-refractivity contribution in [1.82, 2.24) is 14.9 Å². The molecule has 0 saturated carbocycles. The Morgan fingerprint density at radius 3 is 2.54 bits per heavy atom. The van der Waals surface area contributed by atoms with Crippen LogP contribution in [0.4, 0.5) is 0 Å². The minimum atomic E-state index is 0.0128. The minimum absolute atomic E-state index is 0.0128. The van der Waals surface area contributed by atoms with Gasteiger partial charge in [-0.15, -0.1) is 6.58 Å². The first-order chi connectivity index (χ1) is 19.1. The van der Waals surface area contributed by atoms with Gasteiger partial charge in [0.15, 0.2) is 11.5 Å². The topological polar surface area (TPSA) is 74.6 Å². The highest BCUT2D eigenvalue weighted by Crippen LogP contribution is 2.28. The second kappa shape index (κ2) is 14.0. The van der Waals surface area contributed by atoms with Crippen molar-refractivity contribution in [3.8, 4) is 17.2 Å². The van der Waals surface area contributed by atoms with Crippen LogP contribution >= 0.6 is 0 Å². The molecule has 1 heterocycles. The van der Waals surface area contributed by atoms with E-state index in [1.165, 1.54) is 0 Å². The number of carbonyl (C=O) groups excluding carboxylic acids is 1. The van der Waals surface area contributed by atoms with Crippen LogP contribution in [0.3, 0.4) is 0 Å². The number of amides is 1. The fourth-order valence-electron chi connectivity index (χ4n) is 4.56. The lowest BCUT2D eigenvalue weighted by atomic mass is 10.1. The highest BCUT2D eigenvalue weighted by atomic mass is 16.5. The smallest absolute Gasteiger partial charge is 0.224 e. The summed E-state index contributed by atoms with van der Waals surface area (Å²) in [6.45, 7) is 5.75. The molecule has 7 heteroatoms. The Balaban J connectivity index is 1.29. The second-order valence-electron chi connectivity index (χ2n) is 9.33. The van der Waals surface area contributed by atoms with Crippen molar-refractivity contribution in [2.45, 2.75) is 38.6 Å². The van der Waals surface area contributed by atoms with E-state index >= 15 is 0 Å². The predicted molar refractivity (Wildman–Crippen MR) is 155 cm³/mol. The first kappa shape index (κ1) is 27.8. The Bertz CT molecular complexity index is 1380. The van der Waals surface area contributed by atoms with Gasteiger partial charge in [-0.05, 0) is 66.8 Å². The molecule has 0 aliphatic heterocycles. The SMILES string of the molecule is C=CCc1ccc(OCCCn2c(CCCNC(=O)Cc3ccc(OC)cc3)nc3ccccc32)c(OC)c1. The summed E-state index contributed by atoms with van der Waals surface area (Å²) in [5.41, 5.74) is 4.20. The van der Waals surface area contributed by atoms with Gasteiger partial charge in [0.05, 0.1) is 38.3 Å². The van der Waals surface area contributed by atoms with Gasteiger partial charge in [0.2, 0.25) is 5.91 Å². The van der Waals surface area contributed by atoms with Gasteiger partial charge < -0.3 is 24.1 Å². The number of aromatic nitrogens is 2. The van der Waals surface area contributed by atoms with Crippen LogP contribution < -0.4 is 19.5 Å². The molecule has 0 saturated heterocycles. The molecule has 204 valence electrons. The average Bonchev–Trinajstić information content (AvgIpc) is 3.31. The fourth-order valence-corrected chi connectivity index (χ4v) is 4.56. The average molecular weight is 528 g/mol. The summed E-state index contributed by atoms with van der Waals surface area (Å²) in [6.07, 6.45) is 5.42. The molecule has 0 bridgehead atoms. The third-order valence-electron chi connectivity index (χ3n) is 6.55. The summed E-state index contributed by atoms with van der Waals surface area (Å²) in [5.74, 6) is 3.29. The molecule has 1 N–H and O–H groups in total. The number of allylic oxidation sites excluding steroid dienone is 1. The maximum Gasteiger partial charge on any atom is 0.224 e. The number of fused-ring (bicyclic) bond motifs is 1. The first-order valence-corrected chi connectivity index (χ1v) is 13.4. The highest BCUT2D eigenvalue weighted by molar-refractivity contribution is 5.78. The van der Waals surface area contributed by atoms with Crippen molar-refractivity contribution in [2.24, 2.45) is 0 Å². The number of methoxy groups -OCH3 is 2. The molecule has 39 heavy (non-hydrogen) atoms. The number of aryl methyl sites for hydroxylation is 2. The van der Waals surface area contributed by atoms with Crippen molar-refractivity contribution in [3.05, 3.63) is 96.3 Å². The van der Waals surface area contributed by atoms with Crippen LogP contribution in [0, 0.1) is 0 Å². The third-order valence-corrected chi connectivity index (χ3v) is 6.55. The number of ether oxygens (including phenoxy) is 3. The molecule has 0 fully saturated rings. The van der Waals surface area contributed by atoms with E-state index < -0.39 is 0 Å². The van der Waals surface area contributed by atoms with Crippen molar-refractivity contribution in [1.29, 1.82) is 0 Å². The van der Waals surface area contributed by atoms with E-state index in [1.807, 2.05) is 66.7 Å². The van der Waals surface area contributed by atoms with Crippen molar-refractivity contribution in [2.75, 3.05) is 27.4 Å². The van der Waals surface area contributed by atoms with Gasteiger partial charge in [0.25, 0.3) is 0 Å². The molecule has 0 unspecified atom stereocenters. The molecule has 0 aliphatic carbocycles. The number of nitrogens with zero attached hydrogens (tertiary/aromatic N) is 2. The van der Waals surface area contributed by atoms with Gasteiger partial charge in [-0.3, -0.25) is 4.79 Å². The van der Waals surface area contributed by atoms with Gasteiger partial charge >= 0.3 is 0 Å². The zero-order valence-electron chi connectivity index (χ0n) is 22.8. The summed E-state index contributed by atoms with van der Waals surface area (Å²) < 4.78 is 19.0. The van der Waals surface area contributed by atoms with Crippen molar-refractivity contribution in [3.63, 3.8) is 0 Å². The Kier molecular flexibility index (Phi) is 10.0. The van der Waals surface area contributed by atoms with Crippen LogP contribution in [0.2, 0.25) is 0 Å². The third kappa shape index (κ3) is 7.63. The molecule has 0 aliphatic rings. The largest absolute Gasteiger partial charge is 0.497 e. The van der Waals surface area contributed by atoms with E-state index in [0.29, 0.717) is 19.6 Å². The quantitative estimate of drug-likeness (QED) is 0.162. The molecular weight excluding hydrogens is 490 g/mol. The predicted octanol–water partition coefficient (Wildman–Crippen LogP) is 5.54. The van der Waals surface area contributed by atoms with Gasteiger partial charge in [-0.1, -0.05) is 36.4 Å². The number of carbonyl (C=O) groups is 1. The number of imidazole rings is 1. The molecule has 0 atom stereocenters. The second-order valence-corrected chi connectivity index (χ2v) is 9.33. The van der Waals surface area contributed by atoms with Crippen LogP contribution in [0.15, 0.2) is 79.4 Å². The summed E-state index contributed by atoms with van der Waals surface area (Å²) in [7, 11) is 3.29. The standard InChI is InChI=1S/C32H37N3O4/c1-4-9-24-15-18-29(30(22-24)38-3)39-21-8-20-35-28-11-6-5-10-27(28)34-31(35)12-7-19-33-32(36)23-25-13-16-26(37-2)17-14-25/h4-6,10-11,13-18,22H,1,7-9,12,19-21,23H2,2-3H3,(H,33,36). The Morgan fingerprint density at radius 2 is 1.77 bits per heavy atom. The lowest BCUT2D eigenvalue weighted by Gasteiger charge is -2.13. The van der Waals surface area contributed by atoms with E-state index in [4.69, 9.17) is 19.2 Å². The van der Waals surface area contributed by atoms with Gasteiger partial charge in [0, 0.05) is 19.5 Å². The van der Waals surface area contributed by atoms with Crippen LogP contribution in [0.1, 0.15) is 29.8 Å². The fraction of sp³-hybridized carbons (Fsp3) is 0.312. The van der Waals surface area contributed by atoms with Crippen LogP contribution in [-0.2, 0) is 30.6 Å². The molecule has 1 aromatic heterocycles. The number of para-hydroxylation sites is 2. The van der Waals surface area contributed by atoms with E-state index in [9.17, 15) is 4.79 Å². The lowest BCUT2D eigenvalue weighted by Crippen LogP contribution is -2.26. The summed E-state index contributed by atoms with van der Waals surface area (Å²) in [6, 6.07) is 21.7. The van der Waals surface area contributed by atoms with Gasteiger partial charge in [-0.25, -0.2) is 4.98 Å². The molecule has 3 aromatic carbocycles. The Morgan fingerprint density at radius 1 is 0.974 bits per heavy atom. The summed E-state index contributed by atoms with van der Waals surface area (Å²) in [5, 5.41) is 3.03. The summed E-state index contributed by atoms with van der Waals surface area (Å²) >= 11 is 0. The molecule has 1 amide bonds. The zero-order valence-corrected chi connectivity index (χ0v) is 22.8. The van der Waals surface area contributed by atoms with E-state index in [0.717, 1.165) is 77.5 Å². The van der Waals surface area contributed by atoms with Crippen LogP contribution in [0.5, 0.6) is 17.2 Å².